The first-order valence-electron chi connectivity index (χ1n) is 12.0. The summed E-state index contributed by atoms with van der Waals surface area (Å²) in [7, 11) is 0. The van der Waals surface area contributed by atoms with E-state index in [4.69, 9.17) is 9.15 Å². The number of nitrogens with one attached hydrogen (secondary N) is 1. The normalized spacial score (nSPS) is 10.8. The number of nitrogens with zero attached hydrogens (tertiary/aromatic N) is 3. The lowest BCUT2D eigenvalue weighted by Gasteiger charge is -2.09. The van der Waals surface area contributed by atoms with Crippen molar-refractivity contribution in [2.75, 3.05) is 11.9 Å². The topological polar surface area (TPSA) is 99.2 Å². The quantitative estimate of drug-likeness (QED) is 0.180. The fourth-order valence-electron chi connectivity index (χ4n) is 3.75. The second kappa shape index (κ2) is 11.6. The van der Waals surface area contributed by atoms with Gasteiger partial charge in [0.05, 0.1) is 18.4 Å². The standard InChI is InChI=1S/C29H24N4O4S/c1-2-36-28(35)22-14-16-23(17-15-22)30-27(34)21-12-10-20(11-13-21)19-38-29-32-31-26(25-9-6-18-37-25)33(29)24-7-4-3-5-8-24/h3-18H,2,19H2,1H3,(H,30,34). The molecule has 0 bridgehead atoms. The third-order valence-corrected chi connectivity index (χ3v) is 6.63. The van der Waals surface area contributed by atoms with Crippen molar-refractivity contribution in [3.8, 4) is 17.3 Å². The van der Waals surface area contributed by atoms with Crippen LogP contribution < -0.4 is 5.32 Å². The number of esters is 1. The smallest absolute Gasteiger partial charge is 0.338 e. The number of rotatable bonds is 9. The molecule has 5 rings (SSSR count). The summed E-state index contributed by atoms with van der Waals surface area (Å²) in [6.45, 7) is 2.07. The number of amides is 1. The maximum absolute atomic E-state index is 12.7. The van der Waals surface area contributed by atoms with Crippen molar-refractivity contribution in [3.63, 3.8) is 0 Å². The minimum absolute atomic E-state index is 0.236. The number of thioether (sulfide) groups is 1. The molecule has 2 heterocycles. The van der Waals surface area contributed by atoms with Crippen LogP contribution in [0.3, 0.4) is 0 Å². The summed E-state index contributed by atoms with van der Waals surface area (Å²) in [4.78, 5) is 24.5. The Labute approximate surface area is 223 Å². The van der Waals surface area contributed by atoms with Crippen LogP contribution in [0.2, 0.25) is 0 Å². The Bertz CT molecular complexity index is 1510. The molecule has 3 aromatic carbocycles. The molecule has 9 heteroatoms. The third-order valence-electron chi connectivity index (χ3n) is 5.63. The molecular weight excluding hydrogens is 500 g/mol. The summed E-state index contributed by atoms with van der Waals surface area (Å²) in [6, 6.07) is 27.6. The lowest BCUT2D eigenvalue weighted by atomic mass is 10.1. The zero-order valence-corrected chi connectivity index (χ0v) is 21.4. The van der Waals surface area contributed by atoms with Gasteiger partial charge in [0, 0.05) is 22.7 Å². The summed E-state index contributed by atoms with van der Waals surface area (Å²) in [6.07, 6.45) is 1.61. The minimum Gasteiger partial charge on any atom is -0.462 e. The zero-order valence-electron chi connectivity index (χ0n) is 20.5. The number of para-hydroxylation sites is 1. The molecule has 38 heavy (non-hydrogen) atoms. The fraction of sp³-hybridized carbons (Fsp3) is 0.103. The first-order chi connectivity index (χ1) is 18.6. The lowest BCUT2D eigenvalue weighted by Crippen LogP contribution is -2.12. The fourth-order valence-corrected chi connectivity index (χ4v) is 4.65. The highest BCUT2D eigenvalue weighted by atomic mass is 32.2. The van der Waals surface area contributed by atoms with E-state index in [0.29, 0.717) is 40.8 Å². The predicted octanol–water partition coefficient (Wildman–Crippen LogP) is 6.25. The highest BCUT2D eigenvalue weighted by molar-refractivity contribution is 7.98. The number of carbonyl (C=O) groups is 2. The Balaban J connectivity index is 1.25. The van der Waals surface area contributed by atoms with Crippen molar-refractivity contribution in [1.29, 1.82) is 0 Å². The molecule has 190 valence electrons. The zero-order chi connectivity index (χ0) is 26.3. The molecule has 0 aliphatic heterocycles. The van der Waals surface area contributed by atoms with E-state index in [9.17, 15) is 9.59 Å². The minimum atomic E-state index is -0.391. The van der Waals surface area contributed by atoms with Crippen LogP contribution in [0.1, 0.15) is 33.2 Å². The second-order valence-corrected chi connectivity index (χ2v) is 9.13. The van der Waals surface area contributed by atoms with Crippen molar-refractivity contribution < 1.29 is 18.7 Å². The SMILES string of the molecule is CCOC(=O)c1ccc(NC(=O)c2ccc(CSc3nnc(-c4ccco4)n3-c3ccccc3)cc2)cc1. The third kappa shape index (κ3) is 5.68. The molecule has 0 saturated heterocycles. The van der Waals surface area contributed by atoms with Gasteiger partial charge < -0.3 is 14.5 Å². The van der Waals surface area contributed by atoms with Crippen LogP contribution in [-0.2, 0) is 10.5 Å². The maximum Gasteiger partial charge on any atom is 0.338 e. The molecule has 0 aliphatic carbocycles. The summed E-state index contributed by atoms with van der Waals surface area (Å²) < 4.78 is 12.5. The Morgan fingerprint density at radius 1 is 0.895 bits per heavy atom. The summed E-state index contributed by atoms with van der Waals surface area (Å²) in [5.41, 5.74) is 3.53. The van der Waals surface area contributed by atoms with E-state index in [2.05, 4.69) is 15.5 Å². The molecular formula is C29H24N4O4S. The van der Waals surface area contributed by atoms with Crippen molar-refractivity contribution in [2.45, 2.75) is 17.8 Å². The average Bonchev–Trinajstić information content (AvgIpc) is 3.63. The van der Waals surface area contributed by atoms with Gasteiger partial charge >= 0.3 is 5.97 Å². The van der Waals surface area contributed by atoms with Crippen LogP contribution in [0.5, 0.6) is 0 Å². The monoisotopic (exact) mass is 524 g/mol. The van der Waals surface area contributed by atoms with Crippen LogP contribution in [0.4, 0.5) is 5.69 Å². The Hall–Kier alpha value is -4.63. The van der Waals surface area contributed by atoms with Gasteiger partial charge in [-0.05, 0) is 73.2 Å². The number of hydrogen-bond donors (Lipinski definition) is 1. The number of hydrogen-bond acceptors (Lipinski definition) is 7. The number of carbonyl (C=O) groups excluding carboxylic acids is 2. The van der Waals surface area contributed by atoms with Gasteiger partial charge in [-0.25, -0.2) is 4.79 Å². The van der Waals surface area contributed by atoms with Gasteiger partial charge in [-0.3, -0.25) is 9.36 Å². The molecule has 5 aromatic rings. The Morgan fingerprint density at radius 3 is 2.32 bits per heavy atom. The second-order valence-electron chi connectivity index (χ2n) is 8.19. The van der Waals surface area contributed by atoms with E-state index in [1.54, 1.807) is 61.3 Å². The van der Waals surface area contributed by atoms with Crippen molar-refractivity contribution in [2.24, 2.45) is 0 Å². The summed E-state index contributed by atoms with van der Waals surface area (Å²) >= 11 is 1.55. The van der Waals surface area contributed by atoms with Gasteiger partial charge in [-0.1, -0.05) is 42.1 Å². The Morgan fingerprint density at radius 2 is 1.63 bits per heavy atom. The summed E-state index contributed by atoms with van der Waals surface area (Å²) in [5, 5.41) is 12.4. The van der Waals surface area contributed by atoms with Crippen LogP contribution in [-0.4, -0.2) is 33.2 Å². The summed E-state index contributed by atoms with van der Waals surface area (Å²) in [5.74, 6) is 1.28. The molecule has 0 unspecified atom stereocenters. The first-order valence-corrected chi connectivity index (χ1v) is 13.0. The van der Waals surface area contributed by atoms with Crippen LogP contribution in [0.25, 0.3) is 17.3 Å². The molecule has 0 fully saturated rings. The largest absolute Gasteiger partial charge is 0.462 e. The van der Waals surface area contributed by atoms with E-state index in [1.165, 1.54) is 0 Å². The molecule has 0 aliphatic rings. The maximum atomic E-state index is 12.7. The van der Waals surface area contributed by atoms with E-state index in [-0.39, 0.29) is 5.91 Å². The van der Waals surface area contributed by atoms with E-state index in [1.807, 2.05) is 59.2 Å². The van der Waals surface area contributed by atoms with Gasteiger partial charge in [0.15, 0.2) is 10.9 Å². The molecule has 0 atom stereocenters. The highest BCUT2D eigenvalue weighted by Crippen LogP contribution is 2.30. The van der Waals surface area contributed by atoms with Gasteiger partial charge in [-0.2, -0.15) is 0 Å². The Kier molecular flexibility index (Phi) is 7.65. The average molecular weight is 525 g/mol. The van der Waals surface area contributed by atoms with E-state index >= 15 is 0 Å². The van der Waals surface area contributed by atoms with Gasteiger partial charge in [-0.15, -0.1) is 10.2 Å². The molecule has 1 amide bonds. The number of furan rings is 1. The van der Waals surface area contributed by atoms with Crippen LogP contribution in [0.15, 0.2) is 107 Å². The van der Waals surface area contributed by atoms with Crippen LogP contribution >= 0.6 is 11.8 Å². The first kappa shape index (κ1) is 25.0. The van der Waals surface area contributed by atoms with Crippen LogP contribution in [0, 0.1) is 0 Å². The highest BCUT2D eigenvalue weighted by Gasteiger charge is 2.18. The lowest BCUT2D eigenvalue weighted by molar-refractivity contribution is 0.0526. The molecule has 8 nitrogen and oxygen atoms in total. The van der Waals surface area contributed by atoms with Crippen molar-refractivity contribution >= 4 is 29.3 Å². The van der Waals surface area contributed by atoms with Gasteiger partial charge in [0.1, 0.15) is 0 Å². The molecule has 0 spiro atoms. The molecule has 1 N–H and O–H groups in total. The number of anilines is 1. The predicted molar refractivity (Wildman–Crippen MR) is 145 cm³/mol. The molecule has 0 radical (unpaired) electrons. The number of aromatic nitrogens is 3. The van der Waals surface area contributed by atoms with Gasteiger partial charge in [0.2, 0.25) is 5.82 Å². The molecule has 2 aromatic heterocycles. The number of ether oxygens (including phenoxy) is 1. The van der Waals surface area contributed by atoms with Crippen molar-refractivity contribution in [3.05, 3.63) is 114 Å². The van der Waals surface area contributed by atoms with Crippen molar-refractivity contribution in [1.82, 2.24) is 14.8 Å². The van der Waals surface area contributed by atoms with E-state index in [0.717, 1.165) is 16.4 Å². The van der Waals surface area contributed by atoms with E-state index < -0.39 is 5.97 Å². The molecule has 0 saturated carbocycles. The number of benzene rings is 3. The van der Waals surface area contributed by atoms with Gasteiger partial charge in [0.25, 0.3) is 5.91 Å².